The van der Waals surface area contributed by atoms with Crippen molar-refractivity contribution in [2.45, 2.75) is 19.4 Å². The molecule has 0 saturated carbocycles. The van der Waals surface area contributed by atoms with Crippen LogP contribution in [0.3, 0.4) is 0 Å². The highest BCUT2D eigenvalue weighted by atomic mass is 32.1. The van der Waals surface area contributed by atoms with Gasteiger partial charge in [0.2, 0.25) is 5.13 Å². The van der Waals surface area contributed by atoms with Crippen LogP contribution < -0.4 is 5.32 Å². The van der Waals surface area contributed by atoms with Gasteiger partial charge in [-0.25, -0.2) is 0 Å². The van der Waals surface area contributed by atoms with E-state index >= 15 is 0 Å². The van der Waals surface area contributed by atoms with Gasteiger partial charge in [0, 0.05) is 6.20 Å². The molecule has 3 rings (SSSR count). The van der Waals surface area contributed by atoms with E-state index in [1.807, 2.05) is 42.6 Å². The van der Waals surface area contributed by atoms with Crippen LogP contribution in [0.1, 0.15) is 29.2 Å². The van der Waals surface area contributed by atoms with Gasteiger partial charge in [-0.2, -0.15) is 0 Å². The Morgan fingerprint density at radius 3 is 2.52 bits per heavy atom. The number of benzene rings is 1. The molecule has 0 amide bonds. The van der Waals surface area contributed by atoms with Gasteiger partial charge in [-0.05, 0) is 24.1 Å². The molecular formula is C16H16N4S. The SMILES string of the molecule is CCc1nnc(NC(c2ccccc2)c2ccccn2)s1. The third-order valence-electron chi connectivity index (χ3n) is 3.15. The van der Waals surface area contributed by atoms with Gasteiger partial charge in [-0.3, -0.25) is 4.98 Å². The fourth-order valence-corrected chi connectivity index (χ4v) is 2.81. The molecule has 0 bridgehead atoms. The number of aryl methyl sites for hydroxylation is 1. The average Bonchev–Trinajstić information content (AvgIpc) is 3.02. The summed E-state index contributed by atoms with van der Waals surface area (Å²) in [5, 5.41) is 13.7. The first-order chi connectivity index (χ1) is 10.4. The zero-order chi connectivity index (χ0) is 14.5. The van der Waals surface area contributed by atoms with E-state index < -0.39 is 0 Å². The smallest absolute Gasteiger partial charge is 0.206 e. The molecule has 0 aliphatic carbocycles. The molecule has 5 heteroatoms. The minimum absolute atomic E-state index is 0.0231. The summed E-state index contributed by atoms with van der Waals surface area (Å²) in [5.41, 5.74) is 2.13. The fourth-order valence-electron chi connectivity index (χ4n) is 2.10. The summed E-state index contributed by atoms with van der Waals surface area (Å²) in [4.78, 5) is 4.47. The predicted molar refractivity (Wildman–Crippen MR) is 85.4 cm³/mol. The molecule has 21 heavy (non-hydrogen) atoms. The van der Waals surface area contributed by atoms with Crippen molar-refractivity contribution in [3.63, 3.8) is 0 Å². The van der Waals surface area contributed by atoms with Crippen LogP contribution in [0, 0.1) is 0 Å². The van der Waals surface area contributed by atoms with Crippen LogP contribution >= 0.6 is 11.3 Å². The lowest BCUT2D eigenvalue weighted by molar-refractivity contribution is 0.874. The molecule has 106 valence electrons. The number of rotatable bonds is 5. The van der Waals surface area contributed by atoms with Crippen LogP contribution in [0.4, 0.5) is 5.13 Å². The van der Waals surface area contributed by atoms with Gasteiger partial charge in [0.05, 0.1) is 11.7 Å². The van der Waals surface area contributed by atoms with Gasteiger partial charge in [0.15, 0.2) is 0 Å². The highest BCUT2D eigenvalue weighted by Crippen LogP contribution is 2.27. The summed E-state index contributed by atoms with van der Waals surface area (Å²) in [5.74, 6) is 0. The van der Waals surface area contributed by atoms with Crippen LogP contribution in [0.25, 0.3) is 0 Å². The number of hydrogen-bond donors (Lipinski definition) is 1. The molecular weight excluding hydrogens is 280 g/mol. The molecule has 0 aliphatic rings. The predicted octanol–water partition coefficient (Wildman–Crippen LogP) is 3.70. The zero-order valence-corrected chi connectivity index (χ0v) is 12.5. The van der Waals surface area contributed by atoms with E-state index in [2.05, 4.69) is 39.6 Å². The molecule has 0 aliphatic heterocycles. The maximum atomic E-state index is 4.47. The molecule has 2 aromatic heterocycles. The Kier molecular flexibility index (Phi) is 4.21. The van der Waals surface area contributed by atoms with Crippen molar-refractivity contribution in [2.24, 2.45) is 0 Å². The largest absolute Gasteiger partial charge is 0.348 e. The first kappa shape index (κ1) is 13.7. The lowest BCUT2D eigenvalue weighted by atomic mass is 10.0. The monoisotopic (exact) mass is 296 g/mol. The van der Waals surface area contributed by atoms with E-state index in [1.54, 1.807) is 11.3 Å². The van der Waals surface area contributed by atoms with E-state index in [0.29, 0.717) is 0 Å². The number of nitrogens with one attached hydrogen (secondary N) is 1. The average molecular weight is 296 g/mol. The van der Waals surface area contributed by atoms with Crippen molar-refractivity contribution in [1.82, 2.24) is 15.2 Å². The lowest BCUT2D eigenvalue weighted by Gasteiger charge is -2.17. The van der Waals surface area contributed by atoms with Crippen LogP contribution in [-0.2, 0) is 6.42 Å². The van der Waals surface area contributed by atoms with Gasteiger partial charge in [-0.1, -0.05) is 54.7 Å². The van der Waals surface area contributed by atoms with Crippen molar-refractivity contribution in [2.75, 3.05) is 5.32 Å². The first-order valence-corrected chi connectivity index (χ1v) is 7.73. The molecule has 4 nitrogen and oxygen atoms in total. The van der Waals surface area contributed by atoms with Crippen LogP contribution in [0.15, 0.2) is 54.7 Å². The molecule has 1 N–H and O–H groups in total. The van der Waals surface area contributed by atoms with Crippen molar-refractivity contribution < 1.29 is 0 Å². The molecule has 1 unspecified atom stereocenters. The molecule has 0 radical (unpaired) electrons. The van der Waals surface area contributed by atoms with Crippen molar-refractivity contribution in [3.05, 3.63) is 71.0 Å². The van der Waals surface area contributed by atoms with Gasteiger partial charge >= 0.3 is 0 Å². The Labute approximate surface area is 127 Å². The minimum atomic E-state index is -0.0231. The summed E-state index contributed by atoms with van der Waals surface area (Å²) in [6.45, 7) is 2.08. The number of pyridine rings is 1. The van der Waals surface area contributed by atoms with Crippen molar-refractivity contribution >= 4 is 16.5 Å². The van der Waals surface area contributed by atoms with E-state index in [0.717, 1.165) is 27.8 Å². The van der Waals surface area contributed by atoms with Crippen LogP contribution in [0.2, 0.25) is 0 Å². The highest BCUT2D eigenvalue weighted by molar-refractivity contribution is 7.15. The van der Waals surface area contributed by atoms with Gasteiger partial charge in [0.25, 0.3) is 0 Å². The van der Waals surface area contributed by atoms with Crippen LogP contribution in [-0.4, -0.2) is 15.2 Å². The topological polar surface area (TPSA) is 50.7 Å². The third kappa shape index (κ3) is 3.25. The molecule has 1 aromatic carbocycles. The Morgan fingerprint density at radius 1 is 1.05 bits per heavy atom. The zero-order valence-electron chi connectivity index (χ0n) is 11.7. The summed E-state index contributed by atoms with van der Waals surface area (Å²) >= 11 is 1.59. The van der Waals surface area contributed by atoms with Crippen molar-refractivity contribution in [1.29, 1.82) is 0 Å². The minimum Gasteiger partial charge on any atom is -0.348 e. The van der Waals surface area contributed by atoms with Gasteiger partial charge in [0.1, 0.15) is 5.01 Å². The molecule has 2 heterocycles. The second-order valence-corrected chi connectivity index (χ2v) is 5.66. The summed E-state index contributed by atoms with van der Waals surface area (Å²) < 4.78 is 0. The summed E-state index contributed by atoms with van der Waals surface area (Å²) in [6.07, 6.45) is 2.71. The quantitative estimate of drug-likeness (QED) is 0.780. The van der Waals surface area contributed by atoms with E-state index in [9.17, 15) is 0 Å². The fraction of sp³-hybridized carbons (Fsp3) is 0.188. The molecule has 0 fully saturated rings. The maximum Gasteiger partial charge on any atom is 0.206 e. The van der Waals surface area contributed by atoms with Gasteiger partial charge in [-0.15, -0.1) is 10.2 Å². The second-order valence-electron chi connectivity index (χ2n) is 4.60. The molecule has 1 atom stereocenters. The van der Waals surface area contributed by atoms with E-state index in [1.165, 1.54) is 0 Å². The first-order valence-electron chi connectivity index (χ1n) is 6.91. The number of hydrogen-bond acceptors (Lipinski definition) is 5. The summed E-state index contributed by atoms with van der Waals surface area (Å²) in [6, 6.07) is 16.2. The standard InChI is InChI=1S/C16H16N4S/c1-2-14-19-20-16(21-14)18-15(12-8-4-3-5-9-12)13-10-6-7-11-17-13/h3-11,15H,2H2,1H3,(H,18,20). The van der Waals surface area contributed by atoms with E-state index in [-0.39, 0.29) is 6.04 Å². The Balaban J connectivity index is 1.93. The number of aromatic nitrogens is 3. The normalized spacial score (nSPS) is 12.0. The van der Waals surface area contributed by atoms with Gasteiger partial charge < -0.3 is 5.32 Å². The number of anilines is 1. The third-order valence-corrected chi connectivity index (χ3v) is 4.15. The second kappa shape index (κ2) is 6.45. The Bertz CT molecular complexity index is 642. The Morgan fingerprint density at radius 2 is 1.86 bits per heavy atom. The highest BCUT2D eigenvalue weighted by Gasteiger charge is 2.16. The number of nitrogens with zero attached hydrogens (tertiary/aromatic N) is 3. The van der Waals surface area contributed by atoms with Crippen LogP contribution in [0.5, 0.6) is 0 Å². The van der Waals surface area contributed by atoms with Crippen molar-refractivity contribution in [3.8, 4) is 0 Å². The maximum absolute atomic E-state index is 4.47. The summed E-state index contributed by atoms with van der Waals surface area (Å²) in [7, 11) is 0. The molecule has 0 saturated heterocycles. The Hall–Kier alpha value is -2.27. The molecule has 3 aromatic rings. The van der Waals surface area contributed by atoms with E-state index in [4.69, 9.17) is 0 Å². The lowest BCUT2D eigenvalue weighted by Crippen LogP contribution is -2.13. The molecule has 0 spiro atoms.